The van der Waals surface area contributed by atoms with Gasteiger partial charge in [-0.25, -0.2) is 0 Å². The first-order valence-electron chi connectivity index (χ1n) is 6.40. The topological polar surface area (TPSA) is 50.5 Å². The van der Waals surface area contributed by atoms with Crippen molar-refractivity contribution in [2.45, 2.75) is 37.8 Å². The molecule has 3 N–H and O–H groups in total. The lowest BCUT2D eigenvalue weighted by Gasteiger charge is -2.26. The number of likely N-dealkylation sites (N-methyl/N-ethyl adjacent to an activating group) is 1. The van der Waals surface area contributed by atoms with Crippen molar-refractivity contribution in [3.8, 4) is 0 Å². The Kier molecular flexibility index (Phi) is 6.96. The van der Waals surface area contributed by atoms with E-state index in [9.17, 15) is 0 Å². The SMILES string of the molecule is CN(C)CCOCCNC1CCC(N)CC1. The zero-order chi connectivity index (χ0) is 11.8. The highest BCUT2D eigenvalue weighted by molar-refractivity contribution is 4.78. The number of rotatable bonds is 7. The Morgan fingerprint density at radius 3 is 2.50 bits per heavy atom. The highest BCUT2D eigenvalue weighted by Crippen LogP contribution is 2.16. The van der Waals surface area contributed by atoms with Crippen molar-refractivity contribution in [2.24, 2.45) is 5.73 Å². The van der Waals surface area contributed by atoms with Crippen molar-refractivity contribution >= 4 is 0 Å². The first kappa shape index (κ1) is 13.9. The van der Waals surface area contributed by atoms with Gasteiger partial charge in [-0.05, 0) is 39.8 Å². The molecule has 0 aromatic rings. The molecule has 0 heterocycles. The van der Waals surface area contributed by atoms with Crippen LogP contribution < -0.4 is 11.1 Å². The molecular weight excluding hydrogens is 202 g/mol. The maximum atomic E-state index is 5.86. The van der Waals surface area contributed by atoms with Gasteiger partial charge in [0.25, 0.3) is 0 Å². The van der Waals surface area contributed by atoms with Gasteiger partial charge in [0.2, 0.25) is 0 Å². The monoisotopic (exact) mass is 229 g/mol. The molecule has 0 spiro atoms. The number of hydrogen-bond donors (Lipinski definition) is 2. The second-order valence-corrected chi connectivity index (χ2v) is 4.98. The summed E-state index contributed by atoms with van der Waals surface area (Å²) in [6.45, 7) is 3.60. The van der Waals surface area contributed by atoms with Gasteiger partial charge in [-0.15, -0.1) is 0 Å². The Balaban J connectivity index is 1.87. The first-order valence-corrected chi connectivity index (χ1v) is 6.40. The molecule has 0 aliphatic heterocycles. The number of nitrogens with zero attached hydrogens (tertiary/aromatic N) is 1. The van der Waals surface area contributed by atoms with Gasteiger partial charge >= 0.3 is 0 Å². The van der Waals surface area contributed by atoms with Crippen molar-refractivity contribution in [1.29, 1.82) is 0 Å². The molecule has 1 saturated carbocycles. The van der Waals surface area contributed by atoms with Crippen LogP contribution in [0.4, 0.5) is 0 Å². The number of ether oxygens (including phenoxy) is 1. The van der Waals surface area contributed by atoms with E-state index in [-0.39, 0.29) is 0 Å². The Hall–Kier alpha value is -0.160. The van der Waals surface area contributed by atoms with Crippen LogP contribution in [0.5, 0.6) is 0 Å². The second-order valence-electron chi connectivity index (χ2n) is 4.98. The molecule has 0 saturated heterocycles. The number of nitrogens with two attached hydrogens (primary N) is 1. The average Bonchev–Trinajstić information content (AvgIpc) is 2.25. The van der Waals surface area contributed by atoms with Crippen molar-refractivity contribution in [2.75, 3.05) is 40.4 Å². The zero-order valence-corrected chi connectivity index (χ0v) is 10.7. The van der Waals surface area contributed by atoms with Crippen molar-refractivity contribution in [3.05, 3.63) is 0 Å². The highest BCUT2D eigenvalue weighted by Gasteiger charge is 2.17. The molecule has 0 unspecified atom stereocenters. The summed E-state index contributed by atoms with van der Waals surface area (Å²) in [6, 6.07) is 1.10. The van der Waals surface area contributed by atoms with Crippen LogP contribution in [0.3, 0.4) is 0 Å². The zero-order valence-electron chi connectivity index (χ0n) is 10.7. The van der Waals surface area contributed by atoms with Gasteiger partial charge in [-0.3, -0.25) is 0 Å². The molecule has 0 aromatic heterocycles. The average molecular weight is 229 g/mol. The van der Waals surface area contributed by atoms with Crippen LogP contribution in [-0.4, -0.2) is 57.4 Å². The van der Waals surface area contributed by atoms with E-state index in [2.05, 4.69) is 24.3 Å². The molecule has 0 bridgehead atoms. The Bertz CT molecular complexity index is 168. The first-order chi connectivity index (χ1) is 7.68. The summed E-state index contributed by atoms with van der Waals surface area (Å²) in [5.74, 6) is 0. The highest BCUT2D eigenvalue weighted by atomic mass is 16.5. The van der Waals surface area contributed by atoms with Crippen LogP contribution in [0.2, 0.25) is 0 Å². The third-order valence-corrected chi connectivity index (χ3v) is 3.13. The van der Waals surface area contributed by atoms with Crippen LogP contribution in [0.15, 0.2) is 0 Å². The van der Waals surface area contributed by atoms with Crippen molar-refractivity contribution in [1.82, 2.24) is 10.2 Å². The van der Waals surface area contributed by atoms with E-state index in [1.54, 1.807) is 0 Å². The van der Waals surface area contributed by atoms with Gasteiger partial charge < -0.3 is 20.7 Å². The molecule has 16 heavy (non-hydrogen) atoms. The summed E-state index contributed by atoms with van der Waals surface area (Å²) in [7, 11) is 4.12. The van der Waals surface area contributed by atoms with E-state index in [0.717, 1.165) is 26.3 Å². The van der Waals surface area contributed by atoms with Crippen LogP contribution >= 0.6 is 0 Å². The lowest BCUT2D eigenvalue weighted by molar-refractivity contribution is 0.116. The van der Waals surface area contributed by atoms with Gasteiger partial charge in [0.1, 0.15) is 0 Å². The Morgan fingerprint density at radius 1 is 1.19 bits per heavy atom. The second kappa shape index (κ2) is 8.01. The Labute approximate surface area is 99.5 Å². The number of nitrogens with one attached hydrogen (secondary N) is 1. The molecule has 1 aliphatic carbocycles. The summed E-state index contributed by atoms with van der Waals surface area (Å²) in [5, 5.41) is 3.54. The molecule has 1 fully saturated rings. The van der Waals surface area contributed by atoms with Gasteiger partial charge in [0, 0.05) is 25.2 Å². The lowest BCUT2D eigenvalue weighted by atomic mass is 9.92. The van der Waals surface area contributed by atoms with Crippen molar-refractivity contribution in [3.63, 3.8) is 0 Å². The van der Waals surface area contributed by atoms with Gasteiger partial charge in [-0.2, -0.15) is 0 Å². The molecule has 0 atom stereocenters. The van der Waals surface area contributed by atoms with Crippen LogP contribution in [0.1, 0.15) is 25.7 Å². The van der Waals surface area contributed by atoms with Crippen LogP contribution in [-0.2, 0) is 4.74 Å². The molecule has 0 amide bonds. The van der Waals surface area contributed by atoms with Gasteiger partial charge in [0.15, 0.2) is 0 Å². The van der Waals surface area contributed by atoms with E-state index in [0.29, 0.717) is 12.1 Å². The predicted molar refractivity (Wildman–Crippen MR) is 67.6 cm³/mol. The standard InChI is InChI=1S/C12H27N3O/c1-15(2)8-10-16-9-7-14-12-5-3-11(13)4-6-12/h11-12,14H,3-10,13H2,1-2H3. The molecule has 96 valence electrons. The minimum absolute atomic E-state index is 0.439. The van der Waals surface area contributed by atoms with E-state index in [4.69, 9.17) is 10.5 Å². The predicted octanol–water partition coefficient (Wildman–Crippen LogP) is 0.424. The molecule has 4 nitrogen and oxygen atoms in total. The minimum Gasteiger partial charge on any atom is -0.379 e. The molecule has 1 rings (SSSR count). The summed E-state index contributed by atoms with van der Waals surface area (Å²) in [4.78, 5) is 2.13. The minimum atomic E-state index is 0.439. The summed E-state index contributed by atoms with van der Waals surface area (Å²) >= 11 is 0. The summed E-state index contributed by atoms with van der Waals surface area (Å²) in [5.41, 5.74) is 5.86. The van der Waals surface area contributed by atoms with E-state index < -0.39 is 0 Å². The summed E-state index contributed by atoms with van der Waals surface area (Å²) < 4.78 is 5.53. The molecule has 1 aliphatic rings. The van der Waals surface area contributed by atoms with Crippen LogP contribution in [0.25, 0.3) is 0 Å². The molecule has 0 aromatic carbocycles. The fourth-order valence-electron chi connectivity index (χ4n) is 2.01. The molecule has 0 radical (unpaired) electrons. The fraction of sp³-hybridized carbons (Fsp3) is 1.00. The third kappa shape index (κ3) is 6.43. The maximum Gasteiger partial charge on any atom is 0.0593 e. The van der Waals surface area contributed by atoms with Gasteiger partial charge in [-0.1, -0.05) is 0 Å². The van der Waals surface area contributed by atoms with E-state index in [1.807, 2.05) is 0 Å². The lowest BCUT2D eigenvalue weighted by Crippen LogP contribution is -2.38. The quantitative estimate of drug-likeness (QED) is 0.621. The van der Waals surface area contributed by atoms with E-state index in [1.165, 1.54) is 25.7 Å². The Morgan fingerprint density at radius 2 is 1.88 bits per heavy atom. The molecular formula is C12H27N3O. The van der Waals surface area contributed by atoms with Crippen molar-refractivity contribution < 1.29 is 4.74 Å². The van der Waals surface area contributed by atoms with Crippen LogP contribution in [0, 0.1) is 0 Å². The largest absolute Gasteiger partial charge is 0.379 e. The fourth-order valence-corrected chi connectivity index (χ4v) is 2.01. The normalized spacial score (nSPS) is 26.2. The molecule has 4 heteroatoms. The third-order valence-electron chi connectivity index (χ3n) is 3.13. The smallest absolute Gasteiger partial charge is 0.0593 e. The van der Waals surface area contributed by atoms with Gasteiger partial charge in [0.05, 0.1) is 13.2 Å². The van der Waals surface area contributed by atoms with E-state index >= 15 is 0 Å². The number of hydrogen-bond acceptors (Lipinski definition) is 4. The summed E-state index contributed by atoms with van der Waals surface area (Å²) in [6.07, 6.45) is 4.77. The maximum absolute atomic E-state index is 5.86.